The van der Waals surface area contributed by atoms with Gasteiger partial charge in [-0.2, -0.15) is 0 Å². The molecular weight excluding hydrogens is 192 g/mol. The molecule has 0 radical (unpaired) electrons. The summed E-state index contributed by atoms with van der Waals surface area (Å²) in [6.45, 7) is 2.49. The highest BCUT2D eigenvalue weighted by molar-refractivity contribution is 5.81. The maximum Gasteiger partial charge on any atom is 0.239 e. The number of likely N-dealkylation sites (N-methyl/N-ethyl adjacent to an activating group) is 1. The summed E-state index contributed by atoms with van der Waals surface area (Å²) in [7, 11) is 1.74. The van der Waals surface area contributed by atoms with Crippen molar-refractivity contribution in [2.45, 2.75) is 32.4 Å². The Kier molecular flexibility index (Phi) is 4.30. The molecule has 0 aliphatic carbocycles. The number of aromatic amines is 1. The maximum atomic E-state index is 11.7. The van der Waals surface area contributed by atoms with Crippen LogP contribution in [0.15, 0.2) is 12.4 Å². The van der Waals surface area contributed by atoms with Crippen LogP contribution in [-0.2, 0) is 11.3 Å². The molecule has 0 saturated heterocycles. The Morgan fingerprint density at radius 1 is 1.73 bits per heavy atom. The number of carbonyl (C=O) groups is 1. The van der Waals surface area contributed by atoms with E-state index in [0.29, 0.717) is 6.54 Å². The van der Waals surface area contributed by atoms with Crippen LogP contribution in [0.2, 0.25) is 0 Å². The molecule has 0 aliphatic heterocycles. The van der Waals surface area contributed by atoms with Crippen LogP contribution < -0.4 is 5.73 Å². The minimum atomic E-state index is -0.394. The third-order valence-electron chi connectivity index (χ3n) is 2.23. The van der Waals surface area contributed by atoms with Crippen LogP contribution in [-0.4, -0.2) is 33.9 Å². The van der Waals surface area contributed by atoms with Gasteiger partial charge in [0.05, 0.1) is 12.6 Å². The topological polar surface area (TPSA) is 75.0 Å². The molecule has 0 fully saturated rings. The van der Waals surface area contributed by atoms with Gasteiger partial charge in [0.15, 0.2) is 0 Å². The van der Waals surface area contributed by atoms with Gasteiger partial charge in [-0.1, -0.05) is 13.3 Å². The average Bonchev–Trinajstić information content (AvgIpc) is 2.69. The molecule has 1 rings (SSSR count). The summed E-state index contributed by atoms with van der Waals surface area (Å²) in [5.74, 6) is 0.739. The molecule has 15 heavy (non-hydrogen) atoms. The summed E-state index contributed by atoms with van der Waals surface area (Å²) in [6.07, 6.45) is 5.04. The molecule has 0 unspecified atom stereocenters. The predicted molar refractivity (Wildman–Crippen MR) is 57.9 cm³/mol. The lowest BCUT2D eigenvalue weighted by molar-refractivity contribution is -0.132. The van der Waals surface area contributed by atoms with E-state index in [0.717, 1.165) is 18.7 Å². The van der Waals surface area contributed by atoms with E-state index in [4.69, 9.17) is 5.73 Å². The Hall–Kier alpha value is -1.36. The van der Waals surface area contributed by atoms with Crippen molar-refractivity contribution >= 4 is 5.91 Å². The van der Waals surface area contributed by atoms with Crippen LogP contribution in [0.5, 0.6) is 0 Å². The standard InChI is InChI=1S/C10H18N4O/c1-3-4-8(11)10(15)14(2)7-9-12-5-6-13-9/h5-6,8H,3-4,7,11H2,1-2H3,(H,12,13)/t8-/m0/s1. The number of hydrogen-bond acceptors (Lipinski definition) is 3. The number of rotatable bonds is 5. The minimum absolute atomic E-state index is 0.0340. The van der Waals surface area contributed by atoms with Crippen molar-refractivity contribution in [2.24, 2.45) is 5.73 Å². The lowest BCUT2D eigenvalue weighted by atomic mass is 10.1. The van der Waals surface area contributed by atoms with Gasteiger partial charge in [0.2, 0.25) is 5.91 Å². The first-order valence-corrected chi connectivity index (χ1v) is 5.14. The number of nitrogens with two attached hydrogens (primary N) is 1. The molecule has 5 nitrogen and oxygen atoms in total. The molecule has 0 spiro atoms. The second-order valence-electron chi connectivity index (χ2n) is 3.63. The zero-order valence-electron chi connectivity index (χ0n) is 9.23. The number of carbonyl (C=O) groups excluding carboxylic acids is 1. The van der Waals surface area contributed by atoms with Gasteiger partial charge in [0, 0.05) is 19.4 Å². The maximum absolute atomic E-state index is 11.7. The molecule has 0 bridgehead atoms. The second-order valence-corrected chi connectivity index (χ2v) is 3.63. The summed E-state index contributed by atoms with van der Waals surface area (Å²) < 4.78 is 0. The smallest absolute Gasteiger partial charge is 0.239 e. The molecule has 3 N–H and O–H groups in total. The SMILES string of the molecule is CCC[C@H](N)C(=O)N(C)Cc1ncc[nH]1. The van der Waals surface area contributed by atoms with Gasteiger partial charge in [-0.05, 0) is 6.42 Å². The van der Waals surface area contributed by atoms with Crippen LogP contribution in [0.4, 0.5) is 0 Å². The van der Waals surface area contributed by atoms with Crippen molar-refractivity contribution in [3.05, 3.63) is 18.2 Å². The van der Waals surface area contributed by atoms with E-state index in [1.807, 2.05) is 6.92 Å². The van der Waals surface area contributed by atoms with Crippen molar-refractivity contribution in [2.75, 3.05) is 7.05 Å². The van der Waals surface area contributed by atoms with Crippen molar-refractivity contribution < 1.29 is 4.79 Å². The summed E-state index contributed by atoms with van der Waals surface area (Å²) >= 11 is 0. The average molecular weight is 210 g/mol. The van der Waals surface area contributed by atoms with Crippen LogP contribution >= 0.6 is 0 Å². The number of H-pyrrole nitrogens is 1. The molecule has 5 heteroatoms. The normalized spacial score (nSPS) is 12.5. The molecular formula is C10H18N4O. The number of nitrogens with zero attached hydrogens (tertiary/aromatic N) is 2. The highest BCUT2D eigenvalue weighted by Crippen LogP contribution is 2.01. The summed E-state index contributed by atoms with van der Waals surface area (Å²) in [4.78, 5) is 20.3. The third-order valence-corrected chi connectivity index (χ3v) is 2.23. The van der Waals surface area contributed by atoms with E-state index in [1.54, 1.807) is 24.3 Å². The molecule has 0 aromatic carbocycles. The van der Waals surface area contributed by atoms with Crippen molar-refractivity contribution in [1.82, 2.24) is 14.9 Å². The first kappa shape index (κ1) is 11.7. The molecule has 1 aromatic heterocycles. The predicted octanol–water partition coefficient (Wildman–Crippen LogP) is 0.495. The van der Waals surface area contributed by atoms with Gasteiger partial charge in [-0.15, -0.1) is 0 Å². The van der Waals surface area contributed by atoms with E-state index in [1.165, 1.54) is 0 Å². The first-order valence-electron chi connectivity index (χ1n) is 5.14. The molecule has 84 valence electrons. The fraction of sp³-hybridized carbons (Fsp3) is 0.600. The van der Waals surface area contributed by atoms with Crippen LogP contribution in [0.3, 0.4) is 0 Å². The van der Waals surface area contributed by atoms with Gasteiger partial charge >= 0.3 is 0 Å². The first-order chi connectivity index (χ1) is 7.15. The number of aromatic nitrogens is 2. The Morgan fingerprint density at radius 2 is 2.47 bits per heavy atom. The molecule has 0 aliphatic rings. The Bertz CT molecular complexity index is 296. The fourth-order valence-electron chi connectivity index (χ4n) is 1.40. The lowest BCUT2D eigenvalue weighted by Crippen LogP contribution is -2.41. The van der Waals surface area contributed by atoms with Crippen LogP contribution in [0.1, 0.15) is 25.6 Å². The Morgan fingerprint density at radius 3 is 3.00 bits per heavy atom. The number of hydrogen-bond donors (Lipinski definition) is 2. The zero-order chi connectivity index (χ0) is 11.3. The largest absolute Gasteiger partial charge is 0.347 e. The quantitative estimate of drug-likeness (QED) is 0.743. The highest BCUT2D eigenvalue weighted by Gasteiger charge is 2.17. The lowest BCUT2D eigenvalue weighted by Gasteiger charge is -2.19. The second kappa shape index (κ2) is 5.50. The molecule has 1 aromatic rings. The minimum Gasteiger partial charge on any atom is -0.347 e. The van der Waals surface area contributed by atoms with E-state index < -0.39 is 6.04 Å². The zero-order valence-corrected chi connectivity index (χ0v) is 9.23. The van der Waals surface area contributed by atoms with Crippen LogP contribution in [0, 0.1) is 0 Å². The highest BCUT2D eigenvalue weighted by atomic mass is 16.2. The van der Waals surface area contributed by atoms with E-state index >= 15 is 0 Å². The van der Waals surface area contributed by atoms with E-state index in [9.17, 15) is 4.79 Å². The van der Waals surface area contributed by atoms with Crippen molar-refractivity contribution in [3.63, 3.8) is 0 Å². The molecule has 0 saturated carbocycles. The fourth-order valence-corrected chi connectivity index (χ4v) is 1.40. The molecule has 1 heterocycles. The monoisotopic (exact) mass is 210 g/mol. The number of nitrogens with one attached hydrogen (secondary N) is 1. The van der Waals surface area contributed by atoms with Gasteiger partial charge in [-0.25, -0.2) is 4.98 Å². The van der Waals surface area contributed by atoms with E-state index in [-0.39, 0.29) is 5.91 Å². The number of amides is 1. The van der Waals surface area contributed by atoms with E-state index in [2.05, 4.69) is 9.97 Å². The Balaban J connectivity index is 2.46. The van der Waals surface area contributed by atoms with Gasteiger partial charge in [-0.3, -0.25) is 4.79 Å². The summed E-state index contributed by atoms with van der Waals surface area (Å²) in [5.41, 5.74) is 5.74. The van der Waals surface area contributed by atoms with Gasteiger partial charge in [0.25, 0.3) is 0 Å². The van der Waals surface area contributed by atoms with Crippen molar-refractivity contribution in [3.8, 4) is 0 Å². The Labute approximate surface area is 89.7 Å². The molecule has 1 atom stereocenters. The van der Waals surface area contributed by atoms with Gasteiger partial charge in [0.1, 0.15) is 5.82 Å². The summed E-state index contributed by atoms with van der Waals surface area (Å²) in [6, 6.07) is -0.394. The third kappa shape index (κ3) is 3.36. The van der Waals surface area contributed by atoms with Crippen molar-refractivity contribution in [1.29, 1.82) is 0 Å². The summed E-state index contributed by atoms with van der Waals surface area (Å²) in [5, 5.41) is 0. The number of imidazole rings is 1. The molecule has 1 amide bonds. The van der Waals surface area contributed by atoms with Gasteiger partial charge < -0.3 is 15.6 Å². The van der Waals surface area contributed by atoms with Crippen LogP contribution in [0.25, 0.3) is 0 Å².